The number of nitrogens with two attached hydrogens (primary N) is 1. The van der Waals surface area contributed by atoms with Crippen molar-refractivity contribution in [3.63, 3.8) is 0 Å². The maximum absolute atomic E-state index is 11.5. The van der Waals surface area contributed by atoms with Gasteiger partial charge in [-0.2, -0.15) is 0 Å². The second kappa shape index (κ2) is 6.76. The Balaban J connectivity index is 4.11. The molecule has 0 aliphatic heterocycles. The number of aliphatic hydroxyl groups is 2. The van der Waals surface area contributed by atoms with Crippen LogP contribution in [0.3, 0.4) is 0 Å². The SMILES string of the molecule is CCC(CO)(CO)NC(=O)CCC(C)N. The molecule has 0 radical (unpaired) electrons. The van der Waals surface area contributed by atoms with Gasteiger partial charge < -0.3 is 21.3 Å². The number of rotatable bonds is 7. The third kappa shape index (κ3) is 5.11. The molecule has 90 valence electrons. The van der Waals surface area contributed by atoms with Crippen LogP contribution in [0.15, 0.2) is 0 Å². The Kier molecular flexibility index (Phi) is 6.47. The first-order valence-electron chi connectivity index (χ1n) is 5.28. The summed E-state index contributed by atoms with van der Waals surface area (Å²) in [6.45, 7) is 3.12. The summed E-state index contributed by atoms with van der Waals surface area (Å²) in [7, 11) is 0. The van der Waals surface area contributed by atoms with Crippen molar-refractivity contribution in [1.82, 2.24) is 5.32 Å². The van der Waals surface area contributed by atoms with Gasteiger partial charge in [0.2, 0.25) is 5.91 Å². The molecule has 15 heavy (non-hydrogen) atoms. The lowest BCUT2D eigenvalue weighted by atomic mass is 9.98. The van der Waals surface area contributed by atoms with E-state index >= 15 is 0 Å². The highest BCUT2D eigenvalue weighted by atomic mass is 16.3. The Morgan fingerprint density at radius 1 is 1.47 bits per heavy atom. The van der Waals surface area contributed by atoms with Crippen LogP contribution in [-0.4, -0.2) is 40.9 Å². The van der Waals surface area contributed by atoms with Crippen LogP contribution in [0.2, 0.25) is 0 Å². The van der Waals surface area contributed by atoms with Crippen LogP contribution in [0.5, 0.6) is 0 Å². The van der Waals surface area contributed by atoms with Gasteiger partial charge in [0, 0.05) is 12.5 Å². The van der Waals surface area contributed by atoms with Gasteiger partial charge in [-0.1, -0.05) is 6.92 Å². The van der Waals surface area contributed by atoms with Crippen molar-refractivity contribution in [2.24, 2.45) is 5.73 Å². The molecule has 1 atom stereocenters. The Bertz CT molecular complexity index is 183. The van der Waals surface area contributed by atoms with E-state index in [1.165, 1.54) is 0 Å². The fraction of sp³-hybridized carbons (Fsp3) is 0.900. The molecule has 5 N–H and O–H groups in total. The van der Waals surface area contributed by atoms with E-state index in [2.05, 4.69) is 5.32 Å². The largest absolute Gasteiger partial charge is 0.394 e. The average molecular weight is 218 g/mol. The Labute approximate surface area is 90.7 Å². The monoisotopic (exact) mass is 218 g/mol. The zero-order valence-corrected chi connectivity index (χ0v) is 9.49. The molecular formula is C10H22N2O3. The van der Waals surface area contributed by atoms with Crippen molar-refractivity contribution in [2.75, 3.05) is 13.2 Å². The molecule has 5 heteroatoms. The highest BCUT2D eigenvalue weighted by Crippen LogP contribution is 2.09. The van der Waals surface area contributed by atoms with Gasteiger partial charge in [0.25, 0.3) is 0 Å². The Hall–Kier alpha value is -0.650. The van der Waals surface area contributed by atoms with Crippen molar-refractivity contribution in [3.05, 3.63) is 0 Å². The van der Waals surface area contributed by atoms with E-state index in [0.717, 1.165) is 0 Å². The standard InChI is InChI=1S/C10H22N2O3/c1-3-10(6-13,7-14)12-9(15)5-4-8(2)11/h8,13-14H,3-7,11H2,1-2H3,(H,12,15). The van der Waals surface area contributed by atoms with Gasteiger partial charge in [-0.3, -0.25) is 4.79 Å². The van der Waals surface area contributed by atoms with E-state index in [1.807, 2.05) is 6.92 Å². The molecule has 0 rings (SSSR count). The van der Waals surface area contributed by atoms with Crippen LogP contribution in [-0.2, 0) is 4.79 Å². The molecule has 1 unspecified atom stereocenters. The first-order chi connectivity index (χ1) is 6.99. The summed E-state index contributed by atoms with van der Waals surface area (Å²) in [6, 6.07) is -0.0185. The fourth-order valence-electron chi connectivity index (χ4n) is 1.16. The topological polar surface area (TPSA) is 95.6 Å². The minimum Gasteiger partial charge on any atom is -0.394 e. The van der Waals surface area contributed by atoms with E-state index < -0.39 is 5.54 Å². The van der Waals surface area contributed by atoms with Gasteiger partial charge >= 0.3 is 0 Å². The first kappa shape index (κ1) is 14.3. The smallest absolute Gasteiger partial charge is 0.220 e. The number of carbonyl (C=O) groups is 1. The summed E-state index contributed by atoms with van der Waals surface area (Å²) in [5.41, 5.74) is 4.63. The summed E-state index contributed by atoms with van der Waals surface area (Å²) >= 11 is 0. The van der Waals surface area contributed by atoms with E-state index in [-0.39, 0.29) is 25.2 Å². The molecule has 0 aromatic carbocycles. The number of carbonyl (C=O) groups excluding carboxylic acids is 1. The number of hydrogen-bond acceptors (Lipinski definition) is 4. The molecule has 0 aliphatic rings. The highest BCUT2D eigenvalue weighted by Gasteiger charge is 2.28. The van der Waals surface area contributed by atoms with Crippen molar-refractivity contribution in [2.45, 2.75) is 44.7 Å². The predicted octanol–water partition coefficient (Wildman–Crippen LogP) is -0.637. The van der Waals surface area contributed by atoms with E-state index in [0.29, 0.717) is 19.3 Å². The zero-order chi connectivity index (χ0) is 11.9. The summed E-state index contributed by atoms with van der Waals surface area (Å²) in [5.74, 6) is -0.183. The van der Waals surface area contributed by atoms with Gasteiger partial charge in [0.15, 0.2) is 0 Å². The molecule has 1 amide bonds. The number of hydrogen-bond donors (Lipinski definition) is 4. The summed E-state index contributed by atoms with van der Waals surface area (Å²) in [4.78, 5) is 11.5. The van der Waals surface area contributed by atoms with Gasteiger partial charge in [0.05, 0.1) is 18.8 Å². The van der Waals surface area contributed by atoms with E-state index in [4.69, 9.17) is 15.9 Å². The number of aliphatic hydroxyl groups excluding tert-OH is 2. The van der Waals surface area contributed by atoms with Crippen molar-refractivity contribution >= 4 is 5.91 Å². The first-order valence-corrected chi connectivity index (χ1v) is 5.28. The van der Waals surface area contributed by atoms with E-state index in [1.54, 1.807) is 6.92 Å². The molecule has 0 fully saturated rings. The lowest BCUT2D eigenvalue weighted by molar-refractivity contribution is -0.124. The minimum atomic E-state index is -0.894. The summed E-state index contributed by atoms with van der Waals surface area (Å²) < 4.78 is 0. The molecule has 0 heterocycles. The summed E-state index contributed by atoms with van der Waals surface area (Å²) in [5, 5.41) is 20.8. The van der Waals surface area contributed by atoms with Crippen LogP contribution >= 0.6 is 0 Å². The van der Waals surface area contributed by atoms with Crippen molar-refractivity contribution < 1.29 is 15.0 Å². The van der Waals surface area contributed by atoms with Gasteiger partial charge in [-0.05, 0) is 19.8 Å². The molecule has 0 aromatic rings. The molecule has 0 bridgehead atoms. The molecular weight excluding hydrogens is 196 g/mol. The molecule has 5 nitrogen and oxygen atoms in total. The lowest BCUT2D eigenvalue weighted by Gasteiger charge is -2.29. The normalized spacial score (nSPS) is 13.7. The molecule has 0 saturated heterocycles. The van der Waals surface area contributed by atoms with Crippen molar-refractivity contribution in [1.29, 1.82) is 0 Å². The quantitative estimate of drug-likeness (QED) is 0.457. The average Bonchev–Trinajstić information content (AvgIpc) is 2.23. The predicted molar refractivity (Wildman–Crippen MR) is 58.2 cm³/mol. The number of nitrogens with one attached hydrogen (secondary N) is 1. The lowest BCUT2D eigenvalue weighted by Crippen LogP contribution is -2.53. The molecule has 0 aromatic heterocycles. The van der Waals surface area contributed by atoms with Crippen LogP contribution < -0.4 is 11.1 Å². The maximum atomic E-state index is 11.5. The van der Waals surface area contributed by atoms with Gasteiger partial charge in [0.1, 0.15) is 0 Å². The van der Waals surface area contributed by atoms with E-state index in [9.17, 15) is 4.79 Å². The second-order valence-corrected chi connectivity index (χ2v) is 4.01. The molecule has 0 spiro atoms. The van der Waals surface area contributed by atoms with Gasteiger partial charge in [-0.15, -0.1) is 0 Å². The maximum Gasteiger partial charge on any atom is 0.220 e. The zero-order valence-electron chi connectivity index (χ0n) is 9.49. The molecule has 0 aliphatic carbocycles. The summed E-state index contributed by atoms with van der Waals surface area (Å²) in [6.07, 6.45) is 1.41. The van der Waals surface area contributed by atoms with Crippen LogP contribution in [0.25, 0.3) is 0 Å². The van der Waals surface area contributed by atoms with Crippen molar-refractivity contribution in [3.8, 4) is 0 Å². The highest BCUT2D eigenvalue weighted by molar-refractivity contribution is 5.76. The van der Waals surface area contributed by atoms with Gasteiger partial charge in [-0.25, -0.2) is 0 Å². The Morgan fingerprint density at radius 3 is 2.33 bits per heavy atom. The second-order valence-electron chi connectivity index (χ2n) is 4.01. The van der Waals surface area contributed by atoms with Crippen LogP contribution in [0, 0.1) is 0 Å². The molecule has 0 saturated carbocycles. The minimum absolute atomic E-state index is 0.0185. The third-order valence-corrected chi connectivity index (χ3v) is 2.51. The number of amides is 1. The third-order valence-electron chi connectivity index (χ3n) is 2.51. The van der Waals surface area contributed by atoms with Crippen LogP contribution in [0.1, 0.15) is 33.1 Å². The fourth-order valence-corrected chi connectivity index (χ4v) is 1.16. The van der Waals surface area contributed by atoms with Crippen LogP contribution in [0.4, 0.5) is 0 Å². The Morgan fingerprint density at radius 2 is 2.00 bits per heavy atom.